The van der Waals surface area contributed by atoms with Crippen LogP contribution in [0.1, 0.15) is 18.9 Å². The maximum atomic E-state index is 14.4. The van der Waals surface area contributed by atoms with Crippen molar-refractivity contribution in [1.82, 2.24) is 0 Å². The molecule has 1 unspecified atom stereocenters. The van der Waals surface area contributed by atoms with Crippen LogP contribution in [0.3, 0.4) is 0 Å². The van der Waals surface area contributed by atoms with Gasteiger partial charge in [-0.25, -0.2) is 13.2 Å². The molecule has 0 aliphatic heterocycles. The van der Waals surface area contributed by atoms with Crippen molar-refractivity contribution in [3.8, 4) is 11.1 Å². The summed E-state index contributed by atoms with van der Waals surface area (Å²) < 4.78 is 41.6. The fraction of sp³-hybridized carbons (Fsp3) is 0.158. The Hall–Kier alpha value is -2.29. The highest BCUT2D eigenvalue weighted by atomic mass is 19.2. The number of halogens is 3. The molecule has 0 radical (unpaired) electrons. The van der Waals surface area contributed by atoms with Crippen molar-refractivity contribution in [2.45, 2.75) is 13.3 Å². The second kappa shape index (κ2) is 5.84. The van der Waals surface area contributed by atoms with Gasteiger partial charge in [0.15, 0.2) is 11.6 Å². The number of rotatable bonds is 2. The van der Waals surface area contributed by atoms with Gasteiger partial charge in [0, 0.05) is 11.1 Å². The Labute approximate surface area is 127 Å². The Morgan fingerprint density at radius 1 is 0.955 bits per heavy atom. The van der Waals surface area contributed by atoms with Crippen molar-refractivity contribution in [2.24, 2.45) is 5.92 Å². The molecule has 0 spiro atoms. The van der Waals surface area contributed by atoms with Gasteiger partial charge in [0.1, 0.15) is 5.82 Å². The quantitative estimate of drug-likeness (QED) is 0.662. The van der Waals surface area contributed by atoms with Gasteiger partial charge in [-0.3, -0.25) is 0 Å². The predicted molar refractivity (Wildman–Crippen MR) is 82.7 cm³/mol. The minimum absolute atomic E-state index is 0.0658. The highest BCUT2D eigenvalue weighted by Crippen LogP contribution is 2.33. The molecule has 22 heavy (non-hydrogen) atoms. The average Bonchev–Trinajstić information content (AvgIpc) is 2.51. The van der Waals surface area contributed by atoms with E-state index in [9.17, 15) is 13.2 Å². The molecule has 2 aromatic carbocycles. The van der Waals surface area contributed by atoms with Crippen LogP contribution in [0, 0.1) is 23.4 Å². The van der Waals surface area contributed by atoms with Crippen molar-refractivity contribution >= 4 is 5.57 Å². The van der Waals surface area contributed by atoms with Crippen LogP contribution in [-0.2, 0) is 0 Å². The lowest BCUT2D eigenvalue weighted by molar-refractivity contribution is 0.511. The zero-order valence-electron chi connectivity index (χ0n) is 12.1. The summed E-state index contributed by atoms with van der Waals surface area (Å²) in [6.07, 6.45) is 6.72. The first-order valence-corrected chi connectivity index (χ1v) is 7.19. The van der Waals surface area contributed by atoms with E-state index in [0.29, 0.717) is 11.1 Å². The third-order valence-corrected chi connectivity index (χ3v) is 3.98. The molecule has 0 N–H and O–H groups in total. The summed E-state index contributed by atoms with van der Waals surface area (Å²) in [5, 5.41) is 0. The molecule has 3 heteroatoms. The van der Waals surface area contributed by atoms with Crippen LogP contribution in [-0.4, -0.2) is 0 Å². The minimum Gasteiger partial charge on any atom is -0.206 e. The van der Waals surface area contributed by atoms with Crippen LogP contribution >= 0.6 is 0 Å². The Balaban J connectivity index is 2.05. The van der Waals surface area contributed by atoms with E-state index in [0.717, 1.165) is 18.1 Å². The van der Waals surface area contributed by atoms with Crippen LogP contribution in [0.2, 0.25) is 0 Å². The summed E-state index contributed by atoms with van der Waals surface area (Å²) in [5.74, 6) is -2.08. The maximum absolute atomic E-state index is 14.4. The molecule has 0 heterocycles. The fourth-order valence-electron chi connectivity index (χ4n) is 2.74. The van der Waals surface area contributed by atoms with E-state index in [4.69, 9.17) is 0 Å². The summed E-state index contributed by atoms with van der Waals surface area (Å²) in [4.78, 5) is 0. The average molecular weight is 300 g/mol. The lowest BCUT2D eigenvalue weighted by Gasteiger charge is -2.18. The Morgan fingerprint density at radius 2 is 1.77 bits per heavy atom. The van der Waals surface area contributed by atoms with Gasteiger partial charge < -0.3 is 0 Å². The van der Waals surface area contributed by atoms with Gasteiger partial charge in [-0.2, -0.15) is 0 Å². The topological polar surface area (TPSA) is 0 Å². The van der Waals surface area contributed by atoms with Crippen LogP contribution in [0.4, 0.5) is 13.2 Å². The summed E-state index contributed by atoms with van der Waals surface area (Å²) in [5.41, 5.74) is 1.83. The normalized spacial score (nSPS) is 17.5. The molecule has 112 valence electrons. The molecule has 1 aliphatic rings. The zero-order valence-corrected chi connectivity index (χ0v) is 12.1. The molecule has 0 amide bonds. The molecular weight excluding hydrogens is 285 g/mol. The van der Waals surface area contributed by atoms with E-state index >= 15 is 0 Å². The van der Waals surface area contributed by atoms with E-state index < -0.39 is 17.5 Å². The van der Waals surface area contributed by atoms with Crippen molar-refractivity contribution in [3.05, 3.63) is 77.6 Å². The Bertz CT molecular complexity index is 772. The number of allylic oxidation sites excluding steroid dienone is 4. The standard InChI is InChI=1S/C19H15F3/c1-12-5-2-3-6-14(12)16-10-9-13(11-18(16)21)15-7-4-8-17(20)19(15)22/h2-4,6-12H,5H2,1H3. The summed E-state index contributed by atoms with van der Waals surface area (Å²) in [7, 11) is 0. The lowest BCUT2D eigenvalue weighted by atomic mass is 9.87. The smallest absolute Gasteiger partial charge is 0.166 e. The molecule has 1 aliphatic carbocycles. The third kappa shape index (κ3) is 2.59. The van der Waals surface area contributed by atoms with Crippen molar-refractivity contribution < 1.29 is 13.2 Å². The van der Waals surface area contributed by atoms with Gasteiger partial charge >= 0.3 is 0 Å². The maximum Gasteiger partial charge on any atom is 0.166 e. The van der Waals surface area contributed by atoms with Gasteiger partial charge in [0.25, 0.3) is 0 Å². The van der Waals surface area contributed by atoms with Gasteiger partial charge in [-0.15, -0.1) is 0 Å². The molecule has 0 fully saturated rings. The fourth-order valence-corrected chi connectivity index (χ4v) is 2.74. The summed E-state index contributed by atoms with van der Waals surface area (Å²) in [6.45, 7) is 2.04. The van der Waals surface area contributed by atoms with Crippen LogP contribution in [0.25, 0.3) is 16.7 Å². The monoisotopic (exact) mass is 300 g/mol. The van der Waals surface area contributed by atoms with Crippen molar-refractivity contribution in [1.29, 1.82) is 0 Å². The van der Waals surface area contributed by atoms with Crippen LogP contribution in [0.15, 0.2) is 54.6 Å². The number of benzene rings is 2. The first-order chi connectivity index (χ1) is 10.6. The van der Waals surface area contributed by atoms with Gasteiger partial charge in [0.05, 0.1) is 0 Å². The summed E-state index contributed by atoms with van der Waals surface area (Å²) in [6, 6.07) is 8.43. The van der Waals surface area contributed by atoms with Crippen LogP contribution < -0.4 is 0 Å². The van der Waals surface area contributed by atoms with E-state index in [2.05, 4.69) is 0 Å². The van der Waals surface area contributed by atoms with E-state index in [1.54, 1.807) is 12.1 Å². The van der Waals surface area contributed by atoms with Gasteiger partial charge in [0.2, 0.25) is 0 Å². The molecule has 0 nitrogen and oxygen atoms in total. The second-order valence-electron chi connectivity index (χ2n) is 5.48. The van der Waals surface area contributed by atoms with E-state index in [-0.39, 0.29) is 11.5 Å². The van der Waals surface area contributed by atoms with E-state index in [1.807, 2.05) is 25.2 Å². The molecule has 0 aromatic heterocycles. The largest absolute Gasteiger partial charge is 0.206 e. The van der Waals surface area contributed by atoms with Gasteiger partial charge in [-0.05, 0) is 35.6 Å². The molecule has 2 aromatic rings. The van der Waals surface area contributed by atoms with Crippen LogP contribution in [0.5, 0.6) is 0 Å². The first-order valence-electron chi connectivity index (χ1n) is 7.19. The second-order valence-corrected chi connectivity index (χ2v) is 5.48. The lowest BCUT2D eigenvalue weighted by Crippen LogP contribution is -2.03. The molecule has 0 saturated carbocycles. The number of hydrogen-bond donors (Lipinski definition) is 0. The molecule has 1 atom stereocenters. The highest BCUT2D eigenvalue weighted by Gasteiger charge is 2.17. The van der Waals surface area contributed by atoms with Gasteiger partial charge in [-0.1, -0.05) is 49.4 Å². The zero-order chi connectivity index (χ0) is 15.7. The molecular formula is C19H15F3. The Kier molecular flexibility index (Phi) is 3.88. The van der Waals surface area contributed by atoms with Crippen molar-refractivity contribution in [2.75, 3.05) is 0 Å². The predicted octanol–water partition coefficient (Wildman–Crippen LogP) is 5.75. The molecule has 3 rings (SSSR count). The highest BCUT2D eigenvalue weighted by molar-refractivity contribution is 5.73. The first kappa shape index (κ1) is 14.6. The summed E-state index contributed by atoms with van der Waals surface area (Å²) >= 11 is 0. The molecule has 0 saturated heterocycles. The van der Waals surface area contributed by atoms with Crippen molar-refractivity contribution in [3.63, 3.8) is 0 Å². The SMILES string of the molecule is CC1CC=CC=C1c1ccc(-c2cccc(F)c2F)cc1F. The Morgan fingerprint density at radius 3 is 2.50 bits per heavy atom. The number of hydrogen-bond acceptors (Lipinski definition) is 0. The minimum atomic E-state index is -0.956. The molecule has 0 bridgehead atoms. The van der Waals surface area contributed by atoms with E-state index in [1.165, 1.54) is 18.2 Å². The third-order valence-electron chi connectivity index (χ3n) is 3.98.